The predicted molar refractivity (Wildman–Crippen MR) is 64.0 cm³/mol. The normalized spacial score (nSPS) is 21.7. The SMILES string of the molecule is CC(C)c1ncc(NC(=O)[C@H]2C[C@@H]2C(=O)O)cn1. The summed E-state index contributed by atoms with van der Waals surface area (Å²) in [5, 5.41) is 11.4. The maximum atomic E-state index is 11.7. The molecule has 1 aliphatic rings. The second-order valence-corrected chi connectivity index (χ2v) is 4.76. The Labute approximate surface area is 104 Å². The van der Waals surface area contributed by atoms with Gasteiger partial charge in [0.25, 0.3) is 0 Å². The molecule has 0 spiro atoms. The van der Waals surface area contributed by atoms with Gasteiger partial charge >= 0.3 is 5.97 Å². The molecule has 2 rings (SSSR count). The number of nitrogens with one attached hydrogen (secondary N) is 1. The summed E-state index contributed by atoms with van der Waals surface area (Å²) in [5.41, 5.74) is 0.500. The summed E-state index contributed by atoms with van der Waals surface area (Å²) >= 11 is 0. The van der Waals surface area contributed by atoms with Gasteiger partial charge in [-0.15, -0.1) is 0 Å². The Morgan fingerprint density at radius 2 is 1.94 bits per heavy atom. The van der Waals surface area contributed by atoms with E-state index in [2.05, 4.69) is 15.3 Å². The number of carbonyl (C=O) groups excluding carboxylic acids is 1. The lowest BCUT2D eigenvalue weighted by Crippen LogP contribution is -2.17. The lowest BCUT2D eigenvalue weighted by Gasteiger charge is -2.06. The number of carbonyl (C=O) groups is 2. The van der Waals surface area contributed by atoms with Crippen molar-refractivity contribution in [3.8, 4) is 0 Å². The van der Waals surface area contributed by atoms with Gasteiger partial charge in [0.15, 0.2) is 0 Å². The number of carboxylic acids is 1. The van der Waals surface area contributed by atoms with E-state index in [4.69, 9.17) is 5.11 Å². The van der Waals surface area contributed by atoms with Crippen LogP contribution in [0.3, 0.4) is 0 Å². The van der Waals surface area contributed by atoms with Crippen molar-refractivity contribution in [1.29, 1.82) is 0 Å². The first-order chi connectivity index (χ1) is 8.49. The van der Waals surface area contributed by atoms with Crippen molar-refractivity contribution in [2.45, 2.75) is 26.2 Å². The Morgan fingerprint density at radius 1 is 1.33 bits per heavy atom. The first-order valence-corrected chi connectivity index (χ1v) is 5.84. The molecule has 0 bridgehead atoms. The van der Waals surface area contributed by atoms with E-state index < -0.39 is 17.8 Å². The molecule has 0 saturated heterocycles. The fourth-order valence-corrected chi connectivity index (χ4v) is 1.69. The Kier molecular flexibility index (Phi) is 3.27. The van der Waals surface area contributed by atoms with Crippen molar-refractivity contribution in [3.05, 3.63) is 18.2 Å². The van der Waals surface area contributed by atoms with Crippen LogP contribution in [0.2, 0.25) is 0 Å². The minimum atomic E-state index is -0.915. The van der Waals surface area contributed by atoms with Gasteiger partial charge in [0, 0.05) is 5.92 Å². The molecule has 0 aliphatic heterocycles. The third-order valence-electron chi connectivity index (χ3n) is 2.90. The van der Waals surface area contributed by atoms with E-state index in [1.165, 1.54) is 0 Å². The molecular formula is C12H15N3O3. The van der Waals surface area contributed by atoms with Gasteiger partial charge in [-0.1, -0.05) is 13.8 Å². The number of amides is 1. The van der Waals surface area contributed by atoms with E-state index in [-0.39, 0.29) is 11.8 Å². The number of aromatic nitrogens is 2. The summed E-state index contributed by atoms with van der Waals surface area (Å²) in [6.45, 7) is 3.96. The smallest absolute Gasteiger partial charge is 0.307 e. The Morgan fingerprint density at radius 3 is 2.39 bits per heavy atom. The van der Waals surface area contributed by atoms with Crippen molar-refractivity contribution >= 4 is 17.6 Å². The van der Waals surface area contributed by atoms with Crippen LogP contribution in [-0.2, 0) is 9.59 Å². The molecule has 1 aliphatic carbocycles. The number of carboxylic acid groups (broad SMARTS) is 1. The zero-order valence-electron chi connectivity index (χ0n) is 10.3. The molecule has 0 aromatic carbocycles. The standard InChI is InChI=1S/C12H15N3O3/c1-6(2)10-13-4-7(5-14-10)15-11(16)8-3-9(8)12(17)18/h4-6,8-9H,3H2,1-2H3,(H,15,16)(H,17,18)/t8-,9-/m0/s1. The van der Waals surface area contributed by atoms with Crippen LogP contribution in [0.4, 0.5) is 5.69 Å². The quantitative estimate of drug-likeness (QED) is 0.838. The van der Waals surface area contributed by atoms with E-state index in [9.17, 15) is 9.59 Å². The van der Waals surface area contributed by atoms with Gasteiger partial charge in [-0.25, -0.2) is 9.97 Å². The van der Waals surface area contributed by atoms with Crippen LogP contribution in [0.25, 0.3) is 0 Å². The van der Waals surface area contributed by atoms with E-state index >= 15 is 0 Å². The van der Waals surface area contributed by atoms with Gasteiger partial charge < -0.3 is 10.4 Å². The van der Waals surface area contributed by atoms with Crippen LogP contribution in [0.15, 0.2) is 12.4 Å². The highest BCUT2D eigenvalue weighted by molar-refractivity contribution is 5.97. The summed E-state index contributed by atoms with van der Waals surface area (Å²) in [4.78, 5) is 30.6. The van der Waals surface area contributed by atoms with Crippen LogP contribution in [-0.4, -0.2) is 27.0 Å². The highest BCUT2D eigenvalue weighted by Gasteiger charge is 2.48. The molecule has 2 N–H and O–H groups in total. The third-order valence-corrected chi connectivity index (χ3v) is 2.90. The van der Waals surface area contributed by atoms with Crippen LogP contribution in [0.5, 0.6) is 0 Å². The number of aliphatic carboxylic acids is 1. The van der Waals surface area contributed by atoms with Gasteiger partial charge in [0.1, 0.15) is 5.82 Å². The average molecular weight is 249 g/mol. The molecule has 18 heavy (non-hydrogen) atoms. The minimum Gasteiger partial charge on any atom is -0.481 e. The molecule has 6 heteroatoms. The highest BCUT2D eigenvalue weighted by atomic mass is 16.4. The van der Waals surface area contributed by atoms with E-state index in [0.29, 0.717) is 17.9 Å². The lowest BCUT2D eigenvalue weighted by atomic mass is 10.2. The molecule has 1 aromatic heterocycles. The molecule has 2 atom stereocenters. The molecule has 1 heterocycles. The second-order valence-electron chi connectivity index (χ2n) is 4.76. The summed E-state index contributed by atoms with van der Waals surface area (Å²) in [7, 11) is 0. The van der Waals surface area contributed by atoms with Gasteiger partial charge in [-0.2, -0.15) is 0 Å². The molecule has 1 fully saturated rings. The summed E-state index contributed by atoms with van der Waals surface area (Å²) in [5.74, 6) is -1.21. The van der Waals surface area contributed by atoms with E-state index in [0.717, 1.165) is 0 Å². The van der Waals surface area contributed by atoms with E-state index in [1.54, 1.807) is 12.4 Å². The van der Waals surface area contributed by atoms with Crippen LogP contribution < -0.4 is 5.32 Å². The van der Waals surface area contributed by atoms with Crippen molar-refractivity contribution < 1.29 is 14.7 Å². The fraction of sp³-hybridized carbons (Fsp3) is 0.500. The Hall–Kier alpha value is -1.98. The van der Waals surface area contributed by atoms with Crippen LogP contribution >= 0.6 is 0 Å². The van der Waals surface area contributed by atoms with Gasteiger partial charge in [0.2, 0.25) is 5.91 Å². The fourth-order valence-electron chi connectivity index (χ4n) is 1.69. The summed E-state index contributed by atoms with van der Waals surface area (Å²) in [6, 6.07) is 0. The summed E-state index contributed by atoms with van der Waals surface area (Å²) in [6.07, 6.45) is 3.49. The number of nitrogens with zero attached hydrogens (tertiary/aromatic N) is 2. The average Bonchev–Trinajstić information content (AvgIpc) is 3.09. The Balaban J connectivity index is 1.94. The third kappa shape index (κ3) is 2.64. The minimum absolute atomic E-state index is 0.231. The zero-order chi connectivity index (χ0) is 13.3. The molecule has 96 valence electrons. The highest BCUT2D eigenvalue weighted by Crippen LogP contribution is 2.39. The van der Waals surface area contributed by atoms with Crippen molar-refractivity contribution in [3.63, 3.8) is 0 Å². The van der Waals surface area contributed by atoms with Gasteiger partial charge in [-0.3, -0.25) is 9.59 Å². The first kappa shape index (κ1) is 12.5. The number of hydrogen-bond donors (Lipinski definition) is 2. The molecule has 1 amide bonds. The monoisotopic (exact) mass is 249 g/mol. The predicted octanol–water partition coefficient (Wildman–Crippen LogP) is 1.26. The molecule has 1 aromatic rings. The number of anilines is 1. The van der Waals surface area contributed by atoms with E-state index in [1.807, 2.05) is 13.8 Å². The van der Waals surface area contributed by atoms with Gasteiger partial charge in [0.05, 0.1) is 29.9 Å². The molecular weight excluding hydrogens is 234 g/mol. The first-order valence-electron chi connectivity index (χ1n) is 5.84. The van der Waals surface area contributed by atoms with Crippen molar-refractivity contribution in [2.24, 2.45) is 11.8 Å². The Bertz CT molecular complexity index is 470. The molecule has 1 saturated carbocycles. The number of hydrogen-bond acceptors (Lipinski definition) is 4. The molecule has 0 radical (unpaired) electrons. The zero-order valence-corrected chi connectivity index (χ0v) is 10.3. The van der Waals surface area contributed by atoms with Crippen LogP contribution in [0.1, 0.15) is 32.0 Å². The largest absolute Gasteiger partial charge is 0.481 e. The second kappa shape index (κ2) is 4.72. The molecule has 0 unspecified atom stereocenters. The van der Waals surface area contributed by atoms with Crippen molar-refractivity contribution in [2.75, 3.05) is 5.32 Å². The maximum Gasteiger partial charge on any atom is 0.307 e. The topological polar surface area (TPSA) is 92.2 Å². The summed E-state index contributed by atoms with van der Waals surface area (Å²) < 4.78 is 0. The lowest BCUT2D eigenvalue weighted by molar-refractivity contribution is -0.139. The van der Waals surface area contributed by atoms with Crippen molar-refractivity contribution in [1.82, 2.24) is 9.97 Å². The van der Waals surface area contributed by atoms with Gasteiger partial charge in [-0.05, 0) is 6.42 Å². The van der Waals surface area contributed by atoms with Crippen LogP contribution in [0, 0.1) is 11.8 Å². The number of rotatable bonds is 4. The maximum absolute atomic E-state index is 11.7. The molecule has 6 nitrogen and oxygen atoms in total.